The Morgan fingerprint density at radius 2 is 2.00 bits per heavy atom. The number of benzene rings is 1. The highest BCUT2D eigenvalue weighted by Gasteiger charge is 2.35. The van der Waals surface area contributed by atoms with Gasteiger partial charge in [0.1, 0.15) is 5.82 Å². The Labute approximate surface area is 207 Å². The first kappa shape index (κ1) is 27.0. The Morgan fingerprint density at radius 1 is 1.31 bits per heavy atom. The highest BCUT2D eigenvalue weighted by atomic mass is 19.4. The van der Waals surface area contributed by atoms with Crippen LogP contribution >= 0.6 is 0 Å². The van der Waals surface area contributed by atoms with Crippen LogP contribution in [0, 0.1) is 18.7 Å². The van der Waals surface area contributed by atoms with E-state index in [9.17, 15) is 22.4 Å². The molecule has 192 valence electrons. The Kier molecular flexibility index (Phi) is 8.54. The Morgan fingerprint density at radius 3 is 2.61 bits per heavy atom. The molecular weight excluding hydrogens is 476 g/mol. The van der Waals surface area contributed by atoms with Gasteiger partial charge in [-0.3, -0.25) is 4.79 Å². The van der Waals surface area contributed by atoms with Gasteiger partial charge in [0, 0.05) is 37.2 Å². The Balaban J connectivity index is 1.92. The first-order chi connectivity index (χ1) is 17.1. The largest absolute Gasteiger partial charge is 0.419 e. The zero-order valence-electron chi connectivity index (χ0n) is 20.3. The van der Waals surface area contributed by atoms with Crippen LogP contribution in [0.1, 0.15) is 53.7 Å². The second-order valence-corrected chi connectivity index (χ2v) is 8.55. The van der Waals surface area contributed by atoms with Gasteiger partial charge in [0.2, 0.25) is 5.95 Å². The number of likely N-dealkylation sites (tertiary alicyclic amines) is 1. The van der Waals surface area contributed by atoms with Gasteiger partial charge < -0.3 is 10.2 Å². The molecule has 2 aromatic rings. The van der Waals surface area contributed by atoms with E-state index in [0.29, 0.717) is 24.5 Å². The second-order valence-electron chi connectivity index (χ2n) is 8.55. The fourth-order valence-electron chi connectivity index (χ4n) is 4.21. The van der Waals surface area contributed by atoms with Gasteiger partial charge in [-0.05, 0) is 57.0 Å². The fraction of sp³-hybridized carbons (Fsp3) is 0.400. The predicted octanol–water partition coefficient (Wildman–Crippen LogP) is 5.28. The SMILES string of the molecule is C=NC(=N/C=C\C)c1ccc(F)c(C)c1C(=O)N1CCC[C@@H](C)C1CNc1ncc(C(F)(F)F)cn1. The van der Waals surface area contributed by atoms with Crippen LogP contribution in [0.15, 0.2) is 46.8 Å². The van der Waals surface area contributed by atoms with Crippen LogP contribution in [-0.4, -0.2) is 52.5 Å². The summed E-state index contributed by atoms with van der Waals surface area (Å²) in [4.78, 5) is 31.2. The first-order valence-electron chi connectivity index (χ1n) is 11.5. The zero-order chi connectivity index (χ0) is 26.5. The normalized spacial score (nSPS) is 19.0. The van der Waals surface area contributed by atoms with Gasteiger partial charge in [-0.2, -0.15) is 13.2 Å². The maximum absolute atomic E-state index is 14.6. The summed E-state index contributed by atoms with van der Waals surface area (Å²) in [6.45, 7) is 9.47. The molecule has 0 bridgehead atoms. The van der Waals surface area contributed by atoms with E-state index in [4.69, 9.17) is 0 Å². The van der Waals surface area contributed by atoms with Gasteiger partial charge in [-0.25, -0.2) is 24.3 Å². The lowest BCUT2D eigenvalue weighted by molar-refractivity contribution is -0.138. The van der Waals surface area contributed by atoms with E-state index < -0.39 is 17.6 Å². The molecule has 36 heavy (non-hydrogen) atoms. The monoisotopic (exact) mass is 504 g/mol. The summed E-state index contributed by atoms with van der Waals surface area (Å²) in [5, 5.41) is 2.94. The summed E-state index contributed by atoms with van der Waals surface area (Å²) in [6.07, 6.45) is 1.69. The minimum Gasteiger partial charge on any atom is -0.352 e. The molecule has 0 saturated carbocycles. The van der Waals surface area contributed by atoms with Gasteiger partial charge in [-0.15, -0.1) is 0 Å². The molecule has 3 rings (SSSR count). The standard InChI is InChI=1S/C25H28F4N6O/c1-5-10-31-22(30-4)18-8-9-19(26)16(3)21(18)23(36)35-11-6-7-15(2)20(35)14-34-24-32-12-17(13-33-24)25(27,28)29/h5,8-10,12-13,15,20H,4,6-7,11,14H2,1-3H3,(H,32,33,34)/b10-5-,31-22?/t15-,20?/m1/s1. The molecule has 1 aliphatic heterocycles. The Hall–Kier alpha value is -3.63. The zero-order valence-corrected chi connectivity index (χ0v) is 20.3. The van der Waals surface area contributed by atoms with Crippen LogP contribution in [-0.2, 0) is 6.18 Å². The van der Waals surface area contributed by atoms with Crippen molar-refractivity contribution < 1.29 is 22.4 Å². The molecule has 1 aromatic carbocycles. The number of piperidine rings is 1. The van der Waals surface area contributed by atoms with Crippen LogP contribution in [0.5, 0.6) is 0 Å². The molecule has 1 unspecified atom stereocenters. The van der Waals surface area contributed by atoms with E-state index in [0.717, 1.165) is 12.8 Å². The molecule has 2 atom stereocenters. The minimum atomic E-state index is -4.53. The summed E-state index contributed by atoms with van der Waals surface area (Å²) >= 11 is 0. The van der Waals surface area contributed by atoms with Crippen LogP contribution in [0.25, 0.3) is 0 Å². The molecule has 1 fully saturated rings. The third-order valence-electron chi connectivity index (χ3n) is 6.17. The molecule has 0 aliphatic carbocycles. The van der Waals surface area contributed by atoms with Crippen molar-refractivity contribution in [1.29, 1.82) is 0 Å². The van der Waals surface area contributed by atoms with Crippen molar-refractivity contribution in [3.05, 3.63) is 64.9 Å². The number of hydrogen-bond acceptors (Lipinski definition) is 5. The number of amides is 1. The van der Waals surface area contributed by atoms with Gasteiger partial charge in [-0.1, -0.05) is 13.0 Å². The quantitative estimate of drug-likeness (QED) is 0.330. The first-order valence-corrected chi connectivity index (χ1v) is 11.5. The maximum Gasteiger partial charge on any atom is 0.419 e. The smallest absolute Gasteiger partial charge is 0.352 e. The van der Waals surface area contributed by atoms with Gasteiger partial charge in [0.15, 0.2) is 5.84 Å². The molecule has 2 heterocycles. The number of anilines is 1. The van der Waals surface area contributed by atoms with Gasteiger partial charge in [0.05, 0.1) is 17.2 Å². The van der Waals surface area contributed by atoms with Gasteiger partial charge >= 0.3 is 6.18 Å². The molecule has 1 aliphatic rings. The van der Waals surface area contributed by atoms with Crippen molar-refractivity contribution in [3.63, 3.8) is 0 Å². The van der Waals surface area contributed by atoms with E-state index in [2.05, 4.69) is 32.0 Å². The lowest BCUT2D eigenvalue weighted by Gasteiger charge is -2.40. The fourth-order valence-corrected chi connectivity index (χ4v) is 4.21. The topological polar surface area (TPSA) is 82.8 Å². The average Bonchev–Trinajstić information content (AvgIpc) is 2.85. The van der Waals surface area contributed by atoms with Crippen molar-refractivity contribution in [1.82, 2.24) is 14.9 Å². The number of allylic oxidation sites excluding steroid dienone is 1. The number of amidine groups is 1. The van der Waals surface area contributed by atoms with Crippen molar-refractivity contribution in [2.24, 2.45) is 15.9 Å². The van der Waals surface area contributed by atoms with Crippen molar-refractivity contribution in [2.45, 2.75) is 45.8 Å². The lowest BCUT2D eigenvalue weighted by Crippen LogP contribution is -2.51. The van der Waals surface area contributed by atoms with Gasteiger partial charge in [0.25, 0.3) is 5.91 Å². The molecular formula is C25H28F4N6O. The van der Waals surface area contributed by atoms with E-state index in [1.165, 1.54) is 25.3 Å². The van der Waals surface area contributed by atoms with E-state index in [-0.39, 0.29) is 47.3 Å². The van der Waals surface area contributed by atoms with Crippen LogP contribution in [0.2, 0.25) is 0 Å². The number of aliphatic imine (C=N–C) groups is 2. The number of halogens is 4. The number of nitrogens with zero attached hydrogens (tertiary/aromatic N) is 5. The molecule has 0 spiro atoms. The van der Waals surface area contributed by atoms with Crippen molar-refractivity contribution >= 4 is 24.4 Å². The number of aromatic nitrogens is 2. The van der Waals surface area contributed by atoms with E-state index in [1.54, 1.807) is 17.9 Å². The average molecular weight is 505 g/mol. The molecule has 1 saturated heterocycles. The molecule has 1 amide bonds. The highest BCUT2D eigenvalue weighted by molar-refractivity contribution is 6.11. The molecule has 1 N–H and O–H groups in total. The minimum absolute atomic E-state index is 0.0208. The molecule has 0 radical (unpaired) electrons. The molecule has 1 aromatic heterocycles. The van der Waals surface area contributed by atoms with E-state index in [1.807, 2.05) is 6.92 Å². The predicted molar refractivity (Wildman–Crippen MR) is 131 cm³/mol. The van der Waals surface area contributed by atoms with Crippen molar-refractivity contribution in [2.75, 3.05) is 18.4 Å². The summed E-state index contributed by atoms with van der Waals surface area (Å²) in [5.74, 6) is -0.638. The van der Waals surface area contributed by atoms with Crippen LogP contribution < -0.4 is 5.32 Å². The Bertz CT molecular complexity index is 1160. The lowest BCUT2D eigenvalue weighted by atomic mass is 9.89. The number of nitrogens with one attached hydrogen (secondary N) is 1. The third-order valence-corrected chi connectivity index (χ3v) is 6.17. The number of carbonyl (C=O) groups is 1. The summed E-state index contributed by atoms with van der Waals surface area (Å²) in [6, 6.07) is 2.39. The molecule has 11 heteroatoms. The van der Waals surface area contributed by atoms with Crippen LogP contribution in [0.4, 0.5) is 23.5 Å². The summed E-state index contributed by atoms with van der Waals surface area (Å²) < 4.78 is 53.0. The highest BCUT2D eigenvalue weighted by Crippen LogP contribution is 2.30. The van der Waals surface area contributed by atoms with E-state index >= 15 is 0 Å². The molecule has 7 nitrogen and oxygen atoms in total. The second kappa shape index (κ2) is 11.4. The van der Waals surface area contributed by atoms with Crippen LogP contribution in [0.3, 0.4) is 0 Å². The van der Waals surface area contributed by atoms with Crippen molar-refractivity contribution in [3.8, 4) is 0 Å². The maximum atomic E-state index is 14.6. The summed E-state index contributed by atoms with van der Waals surface area (Å²) in [7, 11) is 0. The number of alkyl halides is 3. The summed E-state index contributed by atoms with van der Waals surface area (Å²) in [5.41, 5.74) is -0.264. The number of rotatable bonds is 6. The number of carbonyl (C=O) groups excluding carboxylic acids is 1. The third kappa shape index (κ3) is 5.95. The number of hydrogen-bond donors (Lipinski definition) is 1.